The van der Waals surface area contributed by atoms with Crippen molar-refractivity contribution in [1.29, 1.82) is 0 Å². The van der Waals surface area contributed by atoms with Gasteiger partial charge in [0.15, 0.2) is 0 Å². The molecule has 9 heteroatoms. The first-order valence-corrected chi connectivity index (χ1v) is 13.6. The molecule has 1 aliphatic rings. The molecule has 3 rings (SSSR count). The second kappa shape index (κ2) is 14.1. The van der Waals surface area contributed by atoms with E-state index in [1.807, 2.05) is 37.3 Å². The van der Waals surface area contributed by atoms with Crippen LogP contribution in [0, 0.1) is 6.92 Å². The molecule has 1 aliphatic heterocycles. The lowest BCUT2D eigenvalue weighted by molar-refractivity contribution is -0.122. The number of carbonyl (C=O) groups is 3. The number of thiocarbonyl (C=S) groups is 1. The molecular weight excluding hydrogens is 506 g/mol. The molecule has 0 atom stereocenters. The summed E-state index contributed by atoms with van der Waals surface area (Å²) < 4.78 is 5.83. The molecule has 0 radical (unpaired) electrons. The lowest BCUT2D eigenvalue weighted by Crippen LogP contribution is -2.29. The van der Waals surface area contributed by atoms with Gasteiger partial charge in [-0.05, 0) is 62.3 Å². The molecule has 2 aromatic carbocycles. The Hall–Kier alpha value is -3.01. The highest BCUT2D eigenvalue weighted by Gasteiger charge is 2.31. The fourth-order valence-corrected chi connectivity index (χ4v) is 5.02. The highest BCUT2D eigenvalue weighted by molar-refractivity contribution is 8.26. The van der Waals surface area contributed by atoms with Crippen molar-refractivity contribution in [3.8, 4) is 0 Å². The fourth-order valence-electron chi connectivity index (χ4n) is 3.71. The van der Waals surface area contributed by atoms with Crippen molar-refractivity contribution in [2.24, 2.45) is 0 Å². The van der Waals surface area contributed by atoms with Gasteiger partial charge in [0, 0.05) is 25.2 Å². The van der Waals surface area contributed by atoms with E-state index in [0.717, 1.165) is 24.2 Å². The van der Waals surface area contributed by atoms with Gasteiger partial charge < -0.3 is 15.0 Å². The number of ether oxygens (including phenoxy) is 1. The number of anilines is 1. The van der Waals surface area contributed by atoms with Gasteiger partial charge in [0.25, 0.3) is 5.91 Å². The molecule has 1 heterocycles. The first-order chi connectivity index (χ1) is 17.8. The van der Waals surface area contributed by atoms with Gasteiger partial charge in [0.1, 0.15) is 10.9 Å². The van der Waals surface area contributed by atoms with E-state index in [9.17, 15) is 14.4 Å². The molecule has 37 heavy (non-hydrogen) atoms. The third-order valence-electron chi connectivity index (χ3n) is 5.97. The van der Waals surface area contributed by atoms with Crippen LogP contribution < -0.4 is 5.32 Å². The minimum Gasteiger partial charge on any atom is -0.461 e. The Bertz CT molecular complexity index is 1140. The number of amides is 2. The molecule has 0 saturated carbocycles. The van der Waals surface area contributed by atoms with E-state index in [0.29, 0.717) is 46.6 Å². The highest BCUT2D eigenvalue weighted by Crippen LogP contribution is 2.32. The van der Waals surface area contributed by atoms with Crippen molar-refractivity contribution in [3.05, 3.63) is 70.1 Å². The van der Waals surface area contributed by atoms with Crippen LogP contribution >= 0.6 is 24.0 Å². The first kappa shape index (κ1) is 28.6. The van der Waals surface area contributed by atoms with E-state index >= 15 is 0 Å². The number of rotatable bonds is 12. The lowest BCUT2D eigenvalue weighted by atomic mass is 10.1. The molecule has 0 bridgehead atoms. The quantitative estimate of drug-likeness (QED) is 0.228. The number of carbonyl (C=O) groups excluding carboxylic acids is 3. The van der Waals surface area contributed by atoms with E-state index < -0.39 is 0 Å². The largest absolute Gasteiger partial charge is 0.461 e. The standard InChI is InChI=1S/C28H33N3O4S2/c1-4-30(5-2)17-18-35-27(34)22-12-14-23(15-13-22)29-25(32)7-6-16-31-26(33)24(37-28(31)36)19-21-10-8-20(3)9-11-21/h8-15,19H,4-7,16-18H2,1-3H3,(H,29,32)/b24-19-. The van der Waals surface area contributed by atoms with Gasteiger partial charge >= 0.3 is 5.97 Å². The van der Waals surface area contributed by atoms with Crippen LogP contribution in [0.3, 0.4) is 0 Å². The SMILES string of the molecule is CCN(CC)CCOC(=O)c1ccc(NC(=O)CCCN2C(=O)/C(=C/c3ccc(C)cc3)SC2=S)cc1. The average molecular weight is 540 g/mol. The molecule has 0 aromatic heterocycles. The molecule has 0 spiro atoms. The number of hydrogen-bond acceptors (Lipinski definition) is 7. The van der Waals surface area contributed by atoms with E-state index in [2.05, 4.69) is 24.1 Å². The number of nitrogens with one attached hydrogen (secondary N) is 1. The van der Waals surface area contributed by atoms with E-state index in [1.165, 1.54) is 11.8 Å². The zero-order chi connectivity index (χ0) is 26.8. The number of esters is 1. The number of thioether (sulfide) groups is 1. The van der Waals surface area contributed by atoms with Crippen LogP contribution in [0.2, 0.25) is 0 Å². The molecule has 0 unspecified atom stereocenters. The number of aryl methyl sites for hydroxylation is 1. The summed E-state index contributed by atoms with van der Waals surface area (Å²) >= 11 is 6.67. The summed E-state index contributed by atoms with van der Waals surface area (Å²) in [6, 6.07) is 14.6. The monoisotopic (exact) mass is 539 g/mol. The maximum absolute atomic E-state index is 12.8. The maximum atomic E-state index is 12.8. The fraction of sp³-hybridized carbons (Fsp3) is 0.357. The molecular formula is C28H33N3O4S2. The Morgan fingerprint density at radius 1 is 1.08 bits per heavy atom. The summed E-state index contributed by atoms with van der Waals surface area (Å²) in [6.45, 7) is 9.39. The maximum Gasteiger partial charge on any atom is 0.338 e. The zero-order valence-corrected chi connectivity index (χ0v) is 23.1. The van der Waals surface area contributed by atoms with Crippen LogP contribution in [0.25, 0.3) is 6.08 Å². The normalized spacial score (nSPS) is 14.5. The molecule has 1 N–H and O–H groups in total. The average Bonchev–Trinajstić information content (AvgIpc) is 3.15. The van der Waals surface area contributed by atoms with Crippen molar-refractivity contribution in [3.63, 3.8) is 0 Å². The Balaban J connectivity index is 1.42. The summed E-state index contributed by atoms with van der Waals surface area (Å²) in [4.78, 5) is 41.7. The number of nitrogens with zero attached hydrogens (tertiary/aromatic N) is 2. The van der Waals surface area contributed by atoms with Gasteiger partial charge in [-0.2, -0.15) is 0 Å². The molecule has 2 aromatic rings. The Morgan fingerprint density at radius 3 is 2.41 bits per heavy atom. The Kier molecular flexibility index (Phi) is 10.9. The van der Waals surface area contributed by atoms with Crippen LogP contribution in [0.1, 0.15) is 48.2 Å². The van der Waals surface area contributed by atoms with E-state index in [-0.39, 0.29) is 24.2 Å². The molecule has 2 amide bonds. The number of benzene rings is 2. The second-order valence-corrected chi connectivity index (χ2v) is 10.3. The summed E-state index contributed by atoms with van der Waals surface area (Å²) in [5, 5.41) is 2.82. The third kappa shape index (κ3) is 8.52. The van der Waals surface area contributed by atoms with Gasteiger partial charge in [0.05, 0.1) is 10.5 Å². The first-order valence-electron chi connectivity index (χ1n) is 12.4. The van der Waals surface area contributed by atoms with Crippen molar-refractivity contribution in [2.45, 2.75) is 33.6 Å². The molecule has 7 nitrogen and oxygen atoms in total. The van der Waals surface area contributed by atoms with Crippen LogP contribution in [-0.4, -0.2) is 64.7 Å². The Labute approximate surface area is 228 Å². The topological polar surface area (TPSA) is 79.0 Å². The molecule has 1 saturated heterocycles. The molecule has 196 valence electrons. The predicted octanol–water partition coefficient (Wildman–Crippen LogP) is 5.11. The highest BCUT2D eigenvalue weighted by atomic mass is 32.2. The Morgan fingerprint density at radius 2 is 1.76 bits per heavy atom. The number of likely N-dealkylation sites (N-methyl/N-ethyl adjacent to an activating group) is 1. The third-order valence-corrected chi connectivity index (χ3v) is 7.35. The van der Waals surface area contributed by atoms with Gasteiger partial charge in [-0.15, -0.1) is 0 Å². The minimum atomic E-state index is -0.384. The summed E-state index contributed by atoms with van der Waals surface area (Å²) in [5.74, 6) is -0.685. The summed E-state index contributed by atoms with van der Waals surface area (Å²) in [7, 11) is 0. The molecule has 1 fully saturated rings. The van der Waals surface area contributed by atoms with Crippen molar-refractivity contribution < 1.29 is 19.1 Å². The van der Waals surface area contributed by atoms with Crippen LogP contribution in [0.15, 0.2) is 53.4 Å². The minimum absolute atomic E-state index is 0.129. The van der Waals surface area contributed by atoms with Crippen molar-refractivity contribution in [1.82, 2.24) is 9.80 Å². The lowest BCUT2D eigenvalue weighted by Gasteiger charge is -2.17. The van der Waals surface area contributed by atoms with Gasteiger partial charge in [-0.25, -0.2) is 4.79 Å². The summed E-state index contributed by atoms with van der Waals surface area (Å²) in [6.07, 6.45) is 2.56. The van der Waals surface area contributed by atoms with Gasteiger partial charge in [-0.3, -0.25) is 14.5 Å². The van der Waals surface area contributed by atoms with Crippen LogP contribution in [0.4, 0.5) is 5.69 Å². The van der Waals surface area contributed by atoms with Gasteiger partial charge in [-0.1, -0.05) is 67.7 Å². The smallest absolute Gasteiger partial charge is 0.338 e. The summed E-state index contributed by atoms with van der Waals surface area (Å²) in [5.41, 5.74) is 3.13. The second-order valence-electron chi connectivity index (χ2n) is 8.64. The van der Waals surface area contributed by atoms with Crippen molar-refractivity contribution in [2.75, 3.05) is 38.1 Å². The predicted molar refractivity (Wildman–Crippen MR) is 153 cm³/mol. The van der Waals surface area contributed by atoms with E-state index in [4.69, 9.17) is 17.0 Å². The van der Waals surface area contributed by atoms with E-state index in [1.54, 1.807) is 29.2 Å². The van der Waals surface area contributed by atoms with Gasteiger partial charge in [0.2, 0.25) is 5.91 Å². The zero-order valence-electron chi connectivity index (χ0n) is 21.5. The molecule has 0 aliphatic carbocycles. The van der Waals surface area contributed by atoms with Crippen molar-refractivity contribution >= 4 is 57.8 Å². The number of hydrogen-bond donors (Lipinski definition) is 1. The van der Waals surface area contributed by atoms with Crippen LogP contribution in [-0.2, 0) is 14.3 Å². The van der Waals surface area contributed by atoms with Crippen LogP contribution in [0.5, 0.6) is 0 Å².